The summed E-state index contributed by atoms with van der Waals surface area (Å²) in [6.07, 6.45) is 1.77. The average Bonchev–Trinajstić information content (AvgIpc) is 2.17. The molecule has 2 N–H and O–H groups in total. The van der Waals surface area contributed by atoms with Crippen LogP contribution in [0.25, 0.3) is 16.6 Å². The van der Waals surface area contributed by atoms with Crippen molar-refractivity contribution in [1.82, 2.24) is 4.98 Å². The van der Waals surface area contributed by atoms with Gasteiger partial charge in [-0.3, -0.25) is 4.98 Å². The maximum Gasteiger partial charge on any atom is 0.0708 e. The molecule has 1 heterocycles. The van der Waals surface area contributed by atoms with E-state index in [4.69, 9.17) is 5.73 Å². The quantitative estimate of drug-likeness (QED) is 0.712. The van der Waals surface area contributed by atoms with Gasteiger partial charge in [0.1, 0.15) is 0 Å². The van der Waals surface area contributed by atoms with E-state index in [0.717, 1.165) is 16.5 Å². The molecule has 1 aromatic carbocycles. The van der Waals surface area contributed by atoms with Crippen molar-refractivity contribution in [3.8, 4) is 0 Å². The van der Waals surface area contributed by atoms with E-state index in [1.54, 1.807) is 6.20 Å². The van der Waals surface area contributed by atoms with E-state index in [1.807, 2.05) is 30.3 Å². The highest BCUT2D eigenvalue weighted by molar-refractivity contribution is 5.82. The van der Waals surface area contributed by atoms with Gasteiger partial charge in [0.25, 0.3) is 0 Å². The summed E-state index contributed by atoms with van der Waals surface area (Å²) in [6.45, 7) is 3.68. The average molecular weight is 170 g/mol. The highest BCUT2D eigenvalue weighted by Crippen LogP contribution is 2.15. The fraction of sp³-hybridized carbons (Fsp3) is 0. The Balaban J connectivity index is 2.69. The molecule has 1 aromatic heterocycles. The minimum atomic E-state index is 0.576. The van der Waals surface area contributed by atoms with E-state index >= 15 is 0 Å². The summed E-state index contributed by atoms with van der Waals surface area (Å²) in [5.74, 6) is 0. The molecule has 2 nitrogen and oxygen atoms in total. The molecule has 0 unspecified atom stereocenters. The van der Waals surface area contributed by atoms with Gasteiger partial charge in [0.05, 0.1) is 5.52 Å². The van der Waals surface area contributed by atoms with Gasteiger partial charge in [0.2, 0.25) is 0 Å². The highest BCUT2D eigenvalue weighted by Gasteiger charge is 1.96. The van der Waals surface area contributed by atoms with E-state index in [2.05, 4.69) is 11.6 Å². The van der Waals surface area contributed by atoms with E-state index in [0.29, 0.717) is 5.70 Å². The Labute approximate surface area is 76.7 Å². The number of fused-ring (bicyclic) bond motifs is 1. The third-order valence-corrected chi connectivity index (χ3v) is 1.98. The van der Waals surface area contributed by atoms with Crippen LogP contribution in [0, 0.1) is 0 Å². The van der Waals surface area contributed by atoms with Gasteiger partial charge in [0.15, 0.2) is 0 Å². The summed E-state index contributed by atoms with van der Waals surface area (Å²) in [7, 11) is 0. The van der Waals surface area contributed by atoms with Gasteiger partial charge in [-0.15, -0.1) is 0 Å². The Hall–Kier alpha value is -1.83. The number of pyridine rings is 1. The fourth-order valence-electron chi connectivity index (χ4n) is 1.27. The van der Waals surface area contributed by atoms with Gasteiger partial charge in [-0.25, -0.2) is 0 Å². The van der Waals surface area contributed by atoms with Crippen molar-refractivity contribution in [1.29, 1.82) is 0 Å². The van der Waals surface area contributed by atoms with Crippen LogP contribution >= 0.6 is 0 Å². The topological polar surface area (TPSA) is 38.9 Å². The lowest BCUT2D eigenvalue weighted by atomic mass is 10.1. The van der Waals surface area contributed by atoms with Crippen molar-refractivity contribution in [3.63, 3.8) is 0 Å². The van der Waals surface area contributed by atoms with E-state index in [1.165, 1.54) is 0 Å². The molecule has 0 radical (unpaired) electrons. The maximum atomic E-state index is 5.58. The van der Waals surface area contributed by atoms with Crippen LogP contribution in [-0.4, -0.2) is 4.98 Å². The van der Waals surface area contributed by atoms with Gasteiger partial charge in [0, 0.05) is 17.3 Å². The number of aromatic nitrogens is 1. The fourth-order valence-corrected chi connectivity index (χ4v) is 1.27. The van der Waals surface area contributed by atoms with Gasteiger partial charge < -0.3 is 5.73 Å². The second kappa shape index (κ2) is 2.90. The summed E-state index contributed by atoms with van der Waals surface area (Å²) in [5, 5.41) is 1.12. The summed E-state index contributed by atoms with van der Waals surface area (Å²) in [5.41, 5.74) is 8.05. The molecule has 0 saturated carbocycles. The van der Waals surface area contributed by atoms with E-state index in [9.17, 15) is 0 Å². The van der Waals surface area contributed by atoms with Crippen LogP contribution in [0.2, 0.25) is 0 Å². The summed E-state index contributed by atoms with van der Waals surface area (Å²) in [4.78, 5) is 4.23. The summed E-state index contributed by atoms with van der Waals surface area (Å²) < 4.78 is 0. The number of benzene rings is 1. The standard InChI is InChI=1S/C11H10N2/c1-8(12)10-5-4-9-3-2-6-13-11(9)7-10/h2-7H,1,12H2. The zero-order valence-electron chi connectivity index (χ0n) is 7.20. The van der Waals surface area contributed by atoms with Crippen molar-refractivity contribution >= 4 is 16.6 Å². The maximum absolute atomic E-state index is 5.58. The second-order valence-corrected chi connectivity index (χ2v) is 2.94. The number of hydrogen-bond acceptors (Lipinski definition) is 2. The Bertz CT molecular complexity index is 460. The Morgan fingerprint density at radius 1 is 1.31 bits per heavy atom. The molecule has 0 amide bonds. The van der Waals surface area contributed by atoms with E-state index in [-0.39, 0.29) is 0 Å². The molecule has 0 aliphatic carbocycles. The third kappa shape index (κ3) is 1.38. The largest absolute Gasteiger partial charge is 0.399 e. The molecule has 0 bridgehead atoms. The van der Waals surface area contributed by atoms with Crippen LogP contribution in [0.4, 0.5) is 0 Å². The highest BCUT2D eigenvalue weighted by atomic mass is 14.6. The van der Waals surface area contributed by atoms with Gasteiger partial charge >= 0.3 is 0 Å². The second-order valence-electron chi connectivity index (χ2n) is 2.94. The molecule has 0 aliphatic heterocycles. The SMILES string of the molecule is C=C(N)c1ccc2cccnc2c1. The molecule has 0 fully saturated rings. The molecular formula is C11H10N2. The molecule has 0 saturated heterocycles. The van der Waals surface area contributed by atoms with Crippen molar-refractivity contribution in [2.45, 2.75) is 0 Å². The predicted octanol–water partition coefficient (Wildman–Crippen LogP) is 2.16. The lowest BCUT2D eigenvalue weighted by Crippen LogP contribution is -1.93. The normalized spacial score (nSPS) is 10.2. The molecule has 64 valence electrons. The molecule has 2 rings (SSSR count). The Morgan fingerprint density at radius 3 is 2.92 bits per heavy atom. The van der Waals surface area contributed by atoms with Gasteiger partial charge in [-0.05, 0) is 17.7 Å². The van der Waals surface area contributed by atoms with Crippen molar-refractivity contribution in [2.24, 2.45) is 5.73 Å². The van der Waals surface area contributed by atoms with Crippen LogP contribution in [-0.2, 0) is 0 Å². The van der Waals surface area contributed by atoms with Crippen molar-refractivity contribution in [2.75, 3.05) is 0 Å². The zero-order chi connectivity index (χ0) is 9.26. The smallest absolute Gasteiger partial charge is 0.0708 e. The zero-order valence-corrected chi connectivity index (χ0v) is 7.20. The number of nitrogens with zero attached hydrogens (tertiary/aromatic N) is 1. The first-order chi connectivity index (χ1) is 6.27. The predicted molar refractivity (Wildman–Crippen MR) is 55.0 cm³/mol. The van der Waals surface area contributed by atoms with Gasteiger partial charge in [-0.2, -0.15) is 0 Å². The van der Waals surface area contributed by atoms with Crippen LogP contribution in [0.3, 0.4) is 0 Å². The number of nitrogens with two attached hydrogens (primary N) is 1. The first-order valence-electron chi connectivity index (χ1n) is 4.07. The number of rotatable bonds is 1. The first-order valence-corrected chi connectivity index (χ1v) is 4.07. The molecule has 0 atom stereocenters. The first kappa shape index (κ1) is 7.80. The third-order valence-electron chi connectivity index (χ3n) is 1.98. The molecule has 2 heteroatoms. The van der Waals surface area contributed by atoms with Crippen LogP contribution in [0.5, 0.6) is 0 Å². The van der Waals surface area contributed by atoms with Crippen LogP contribution in [0.1, 0.15) is 5.56 Å². The minimum Gasteiger partial charge on any atom is -0.399 e. The van der Waals surface area contributed by atoms with Crippen molar-refractivity contribution in [3.05, 3.63) is 48.7 Å². The lowest BCUT2D eigenvalue weighted by molar-refractivity contribution is 1.40. The Kier molecular flexibility index (Phi) is 1.74. The Morgan fingerprint density at radius 2 is 2.15 bits per heavy atom. The lowest BCUT2D eigenvalue weighted by Gasteiger charge is -2.01. The molecular weight excluding hydrogens is 160 g/mol. The van der Waals surface area contributed by atoms with Crippen LogP contribution < -0.4 is 5.73 Å². The van der Waals surface area contributed by atoms with Crippen molar-refractivity contribution < 1.29 is 0 Å². The van der Waals surface area contributed by atoms with Crippen LogP contribution in [0.15, 0.2) is 43.1 Å². The minimum absolute atomic E-state index is 0.576. The molecule has 2 aromatic rings. The monoisotopic (exact) mass is 170 g/mol. The van der Waals surface area contributed by atoms with Gasteiger partial charge in [-0.1, -0.05) is 24.8 Å². The summed E-state index contributed by atoms with van der Waals surface area (Å²) in [6, 6.07) is 9.82. The number of hydrogen-bond donors (Lipinski definition) is 1. The summed E-state index contributed by atoms with van der Waals surface area (Å²) >= 11 is 0. The molecule has 13 heavy (non-hydrogen) atoms. The molecule has 0 spiro atoms. The molecule has 0 aliphatic rings. The van der Waals surface area contributed by atoms with E-state index < -0.39 is 0 Å².